The van der Waals surface area contributed by atoms with E-state index in [-0.39, 0.29) is 26.2 Å². The number of hydrogen-bond acceptors (Lipinski definition) is 0. The van der Waals surface area contributed by atoms with Crippen molar-refractivity contribution in [2.45, 2.75) is 65.1 Å². The maximum Gasteiger partial charge on any atom is 0.0775 e. The second-order valence-electron chi connectivity index (χ2n) is 9.74. The van der Waals surface area contributed by atoms with Crippen LogP contribution in [0.15, 0.2) is 54.6 Å². The van der Waals surface area contributed by atoms with Crippen LogP contribution >= 0.6 is 0 Å². The van der Waals surface area contributed by atoms with Crippen molar-refractivity contribution in [3.8, 4) is 11.1 Å². The van der Waals surface area contributed by atoms with Gasteiger partial charge >= 0.3 is 0 Å². The van der Waals surface area contributed by atoms with E-state index >= 15 is 0 Å². The number of rotatable bonds is 5. The molecule has 0 radical (unpaired) electrons. The number of benzene rings is 2. The van der Waals surface area contributed by atoms with Crippen LogP contribution in [0.2, 0.25) is 19.6 Å². The average molecular weight is 465 g/mol. The smallest absolute Gasteiger partial charge is 0.0775 e. The van der Waals surface area contributed by atoms with Crippen LogP contribution in [0.3, 0.4) is 0 Å². The predicted octanol–water partition coefficient (Wildman–Crippen LogP) is 7.28. The minimum Gasteiger partial charge on any atom is -0.164 e. The largest absolute Gasteiger partial charge is 0.164 e. The Hall–Kier alpha value is -0.850. The second kappa shape index (κ2) is 8.49. The van der Waals surface area contributed by atoms with E-state index < -0.39 is 8.07 Å². The Balaban J connectivity index is 0.00000225. The molecule has 0 unspecified atom stereocenters. The van der Waals surface area contributed by atoms with E-state index in [1.165, 1.54) is 65.6 Å². The molecule has 0 heterocycles. The Morgan fingerprint density at radius 2 is 1.64 bits per heavy atom. The third kappa shape index (κ3) is 4.34. The summed E-state index contributed by atoms with van der Waals surface area (Å²) in [6, 6.07) is 21.1. The van der Waals surface area contributed by atoms with Gasteiger partial charge in [-0.3, -0.25) is 0 Å². The third-order valence-corrected chi connectivity index (χ3v) is 8.93. The van der Waals surface area contributed by atoms with Crippen LogP contribution in [0.1, 0.15) is 44.6 Å². The molecule has 4 rings (SSSR count). The van der Waals surface area contributed by atoms with Crippen molar-refractivity contribution >= 4 is 24.0 Å². The van der Waals surface area contributed by atoms with Crippen molar-refractivity contribution in [2.75, 3.05) is 0 Å². The van der Waals surface area contributed by atoms with Crippen LogP contribution in [0.4, 0.5) is 0 Å². The van der Waals surface area contributed by atoms with E-state index in [0.717, 1.165) is 0 Å². The van der Waals surface area contributed by atoms with Crippen molar-refractivity contribution in [1.82, 2.24) is 0 Å². The molecular formula is C26H33SiZr-. The Bertz CT molecular complexity index is 921. The van der Waals surface area contributed by atoms with Crippen molar-refractivity contribution in [2.24, 2.45) is 5.41 Å². The summed E-state index contributed by atoms with van der Waals surface area (Å²) >= 11 is 0. The van der Waals surface area contributed by atoms with Gasteiger partial charge in [0.2, 0.25) is 0 Å². The first-order valence-electron chi connectivity index (χ1n) is 10.7. The minimum atomic E-state index is -1.24. The van der Waals surface area contributed by atoms with Gasteiger partial charge in [-0.05, 0) is 30.2 Å². The monoisotopic (exact) mass is 463 g/mol. The first-order valence-corrected chi connectivity index (χ1v) is 14.2. The Labute approximate surface area is 191 Å². The molecule has 3 aromatic carbocycles. The molecule has 1 aliphatic rings. The van der Waals surface area contributed by atoms with Gasteiger partial charge in [0.1, 0.15) is 0 Å². The minimum absolute atomic E-state index is 0. The van der Waals surface area contributed by atoms with Crippen LogP contribution in [0, 0.1) is 5.41 Å². The summed E-state index contributed by atoms with van der Waals surface area (Å²) in [7, 11) is -1.24. The summed E-state index contributed by atoms with van der Waals surface area (Å²) in [6.07, 6.45) is 8.24. The standard InChI is InChI=1S/C26H33Si.Zr/c1-5-26(15-6-7-16-26)19-20-17-22-9-8-10-24(25(22)18-20)21-11-13-23(14-12-21)27(2,3)4;/h8-14,17-18H,5-7,15-16,19H2,1-4H3;/q-1;. The van der Waals surface area contributed by atoms with Crippen LogP contribution in [-0.4, -0.2) is 8.07 Å². The van der Waals surface area contributed by atoms with Crippen LogP contribution in [0.5, 0.6) is 0 Å². The Morgan fingerprint density at radius 3 is 2.25 bits per heavy atom. The number of fused-ring (bicyclic) bond motifs is 1. The van der Waals surface area contributed by atoms with Crippen molar-refractivity contribution in [1.29, 1.82) is 0 Å². The SMILES string of the molecule is CCC1(Cc2cc3c(-c4ccc([Si](C)(C)C)cc4)cccc3[cH-]2)CCCC1.[Zr]. The van der Waals surface area contributed by atoms with Gasteiger partial charge in [-0.25, -0.2) is 0 Å². The first-order chi connectivity index (χ1) is 12.9. The summed E-state index contributed by atoms with van der Waals surface area (Å²) in [5, 5.41) is 4.37. The Morgan fingerprint density at radius 1 is 0.964 bits per heavy atom. The molecule has 0 amide bonds. The molecule has 28 heavy (non-hydrogen) atoms. The molecule has 2 heteroatoms. The summed E-state index contributed by atoms with van der Waals surface area (Å²) in [5.74, 6) is 0. The molecule has 0 bridgehead atoms. The van der Waals surface area contributed by atoms with Crippen LogP contribution < -0.4 is 5.19 Å². The molecule has 3 aromatic rings. The fraction of sp³-hybridized carbons (Fsp3) is 0.423. The molecule has 0 aromatic heterocycles. The Kier molecular flexibility index (Phi) is 6.62. The average Bonchev–Trinajstić information content (AvgIpc) is 3.28. The first kappa shape index (κ1) is 21.8. The molecule has 0 aliphatic heterocycles. The summed E-state index contributed by atoms with van der Waals surface area (Å²) in [5.41, 5.74) is 4.84. The molecule has 0 atom stereocenters. The fourth-order valence-corrected chi connectivity index (χ4v) is 6.18. The molecule has 0 saturated heterocycles. The van der Waals surface area contributed by atoms with Gasteiger partial charge in [-0.2, -0.15) is 6.07 Å². The van der Waals surface area contributed by atoms with E-state index in [1.54, 1.807) is 5.56 Å². The van der Waals surface area contributed by atoms with E-state index in [0.29, 0.717) is 5.41 Å². The van der Waals surface area contributed by atoms with Crippen LogP contribution in [-0.2, 0) is 32.6 Å². The molecule has 146 valence electrons. The molecule has 0 spiro atoms. The quantitative estimate of drug-likeness (QED) is 0.275. The van der Waals surface area contributed by atoms with Gasteiger partial charge in [0.05, 0.1) is 8.07 Å². The van der Waals surface area contributed by atoms with E-state index in [1.807, 2.05) is 0 Å². The normalized spacial score (nSPS) is 16.3. The maximum absolute atomic E-state index is 2.48. The summed E-state index contributed by atoms with van der Waals surface area (Å²) < 4.78 is 0. The third-order valence-electron chi connectivity index (χ3n) is 6.87. The van der Waals surface area contributed by atoms with Gasteiger partial charge < -0.3 is 0 Å². The van der Waals surface area contributed by atoms with E-state index in [2.05, 4.69) is 81.2 Å². The van der Waals surface area contributed by atoms with Gasteiger partial charge in [-0.15, -0.1) is 34.5 Å². The molecule has 0 nitrogen and oxygen atoms in total. The van der Waals surface area contributed by atoms with E-state index in [9.17, 15) is 0 Å². The summed E-state index contributed by atoms with van der Waals surface area (Å²) in [6.45, 7) is 9.63. The molecule has 0 N–H and O–H groups in total. The number of hydrogen-bond donors (Lipinski definition) is 0. The molecule has 1 aliphatic carbocycles. The van der Waals surface area contributed by atoms with Gasteiger partial charge in [0, 0.05) is 26.2 Å². The second-order valence-corrected chi connectivity index (χ2v) is 14.8. The summed E-state index contributed by atoms with van der Waals surface area (Å²) in [4.78, 5) is 0. The van der Waals surface area contributed by atoms with Gasteiger partial charge in [0.25, 0.3) is 0 Å². The molecule has 1 fully saturated rings. The fourth-order valence-electron chi connectivity index (χ4n) is 5.01. The zero-order valence-corrected chi connectivity index (χ0v) is 21.4. The van der Waals surface area contributed by atoms with Gasteiger partial charge in [0.15, 0.2) is 0 Å². The zero-order chi connectivity index (χ0) is 19.1. The maximum atomic E-state index is 2.48. The van der Waals surface area contributed by atoms with Crippen molar-refractivity contribution in [3.63, 3.8) is 0 Å². The predicted molar refractivity (Wildman–Crippen MR) is 123 cm³/mol. The zero-order valence-electron chi connectivity index (χ0n) is 17.9. The molecular weight excluding hydrogens is 432 g/mol. The van der Waals surface area contributed by atoms with Crippen molar-refractivity contribution in [3.05, 3.63) is 60.2 Å². The van der Waals surface area contributed by atoms with Crippen LogP contribution in [0.25, 0.3) is 21.9 Å². The van der Waals surface area contributed by atoms with Crippen molar-refractivity contribution < 1.29 is 26.2 Å². The molecule has 1 saturated carbocycles. The van der Waals surface area contributed by atoms with Gasteiger partial charge in [-0.1, -0.05) is 86.9 Å². The topological polar surface area (TPSA) is 0 Å². The van der Waals surface area contributed by atoms with E-state index in [4.69, 9.17) is 0 Å².